The van der Waals surface area contributed by atoms with E-state index in [1.807, 2.05) is 11.8 Å². The Balaban J connectivity index is 2.83. The summed E-state index contributed by atoms with van der Waals surface area (Å²) in [5.41, 5.74) is 2.55. The first kappa shape index (κ1) is 22.5. The van der Waals surface area contributed by atoms with E-state index in [1.54, 1.807) is 21.3 Å². The third kappa shape index (κ3) is 6.93. The highest BCUT2D eigenvalue weighted by atomic mass is 32.2. The molecular weight excluding hydrogens is 332 g/mol. The van der Waals surface area contributed by atoms with Crippen molar-refractivity contribution in [2.75, 3.05) is 27.6 Å². The van der Waals surface area contributed by atoms with Gasteiger partial charge in [-0.2, -0.15) is 11.8 Å². The Hall–Kier alpha value is -0.550. The molecule has 0 aromatic heterocycles. The largest absolute Gasteiger partial charge is 0.330 e. The van der Waals surface area contributed by atoms with Gasteiger partial charge in [0.05, 0.1) is 5.92 Å². The standard InChI is InChI=1S/C21H36O3S/c1-6-7-8-9-10-11-12-20(21(22-2,23-3)24-4)19-15-13-18(14-16-19)17-25-5/h13-16,20H,6-12,17H2,1-5H3. The van der Waals surface area contributed by atoms with Gasteiger partial charge in [-0.15, -0.1) is 0 Å². The highest BCUT2D eigenvalue weighted by molar-refractivity contribution is 7.97. The highest BCUT2D eigenvalue weighted by Gasteiger charge is 2.40. The molecule has 0 radical (unpaired) electrons. The molecule has 0 aliphatic carbocycles. The van der Waals surface area contributed by atoms with Crippen molar-refractivity contribution in [1.82, 2.24) is 0 Å². The minimum absolute atomic E-state index is 0.0574. The van der Waals surface area contributed by atoms with Crippen molar-refractivity contribution < 1.29 is 14.2 Å². The average Bonchev–Trinajstić information content (AvgIpc) is 2.65. The lowest BCUT2D eigenvalue weighted by molar-refractivity contribution is -0.365. The smallest absolute Gasteiger partial charge is 0.289 e. The van der Waals surface area contributed by atoms with Crippen LogP contribution in [0.5, 0.6) is 0 Å². The lowest BCUT2D eigenvalue weighted by atomic mass is 9.89. The molecule has 4 heteroatoms. The summed E-state index contributed by atoms with van der Waals surface area (Å²) < 4.78 is 17.0. The molecule has 3 nitrogen and oxygen atoms in total. The van der Waals surface area contributed by atoms with Crippen LogP contribution < -0.4 is 0 Å². The van der Waals surface area contributed by atoms with E-state index in [2.05, 4.69) is 37.4 Å². The van der Waals surface area contributed by atoms with Crippen LogP contribution in [0.3, 0.4) is 0 Å². The first-order valence-corrected chi connectivity index (χ1v) is 10.8. The predicted molar refractivity (Wildman–Crippen MR) is 108 cm³/mol. The van der Waals surface area contributed by atoms with E-state index in [4.69, 9.17) is 14.2 Å². The van der Waals surface area contributed by atoms with Gasteiger partial charge >= 0.3 is 0 Å². The molecule has 0 saturated heterocycles. The molecule has 0 saturated carbocycles. The Bertz CT molecular complexity index is 435. The summed E-state index contributed by atoms with van der Waals surface area (Å²) in [6.45, 7) is 2.25. The molecule has 0 fully saturated rings. The second kappa shape index (κ2) is 12.7. The number of benzene rings is 1. The maximum absolute atomic E-state index is 5.68. The van der Waals surface area contributed by atoms with Gasteiger partial charge in [-0.1, -0.05) is 69.7 Å². The molecule has 1 aromatic rings. The maximum Gasteiger partial charge on any atom is 0.289 e. The Labute approximate surface area is 158 Å². The van der Waals surface area contributed by atoms with Crippen LogP contribution in [-0.2, 0) is 20.0 Å². The fourth-order valence-corrected chi connectivity index (χ4v) is 3.89. The molecule has 144 valence electrons. The van der Waals surface area contributed by atoms with Crippen LogP contribution in [0.2, 0.25) is 0 Å². The first-order valence-electron chi connectivity index (χ1n) is 9.40. The van der Waals surface area contributed by atoms with Crippen LogP contribution in [0.4, 0.5) is 0 Å². The van der Waals surface area contributed by atoms with Crippen LogP contribution in [0.25, 0.3) is 0 Å². The van der Waals surface area contributed by atoms with Crippen molar-refractivity contribution in [1.29, 1.82) is 0 Å². The first-order chi connectivity index (χ1) is 12.2. The molecular formula is C21H36O3S. The topological polar surface area (TPSA) is 27.7 Å². The van der Waals surface area contributed by atoms with Crippen LogP contribution in [-0.4, -0.2) is 33.6 Å². The van der Waals surface area contributed by atoms with E-state index in [1.165, 1.54) is 43.2 Å². The van der Waals surface area contributed by atoms with Gasteiger partial charge in [-0.3, -0.25) is 0 Å². The fourth-order valence-electron chi connectivity index (χ4n) is 3.37. The van der Waals surface area contributed by atoms with Gasteiger partial charge in [0, 0.05) is 27.1 Å². The number of methoxy groups -OCH3 is 3. The molecule has 0 spiro atoms. The van der Waals surface area contributed by atoms with Crippen molar-refractivity contribution in [3.05, 3.63) is 35.4 Å². The molecule has 0 aliphatic heterocycles. The Morgan fingerprint density at radius 1 is 0.880 bits per heavy atom. The molecule has 1 rings (SSSR count). The summed E-state index contributed by atoms with van der Waals surface area (Å²) in [5, 5.41) is 0. The van der Waals surface area contributed by atoms with E-state index in [-0.39, 0.29) is 5.92 Å². The third-order valence-electron chi connectivity index (χ3n) is 4.82. The van der Waals surface area contributed by atoms with E-state index in [0.717, 1.165) is 18.6 Å². The number of rotatable bonds is 14. The van der Waals surface area contributed by atoms with E-state index in [9.17, 15) is 0 Å². The summed E-state index contributed by atoms with van der Waals surface area (Å²) in [5.74, 6) is 0.0681. The summed E-state index contributed by atoms with van der Waals surface area (Å²) >= 11 is 1.84. The van der Waals surface area contributed by atoms with Crippen LogP contribution in [0.15, 0.2) is 24.3 Å². The van der Waals surface area contributed by atoms with E-state index < -0.39 is 5.97 Å². The van der Waals surface area contributed by atoms with Crippen molar-refractivity contribution in [3.8, 4) is 0 Å². The number of hydrogen-bond acceptors (Lipinski definition) is 4. The molecule has 0 N–H and O–H groups in total. The molecule has 0 bridgehead atoms. The average molecular weight is 369 g/mol. The SMILES string of the molecule is CCCCCCCCC(c1ccc(CSC)cc1)C(OC)(OC)OC. The minimum atomic E-state index is -1.02. The lowest BCUT2D eigenvalue weighted by Crippen LogP contribution is -2.42. The normalized spacial score (nSPS) is 13.2. The second-order valence-electron chi connectivity index (χ2n) is 6.50. The Morgan fingerprint density at radius 3 is 1.96 bits per heavy atom. The monoisotopic (exact) mass is 368 g/mol. The maximum atomic E-state index is 5.68. The zero-order valence-corrected chi connectivity index (χ0v) is 17.5. The zero-order valence-electron chi connectivity index (χ0n) is 16.7. The minimum Gasteiger partial charge on any atom is -0.330 e. The second-order valence-corrected chi connectivity index (χ2v) is 7.37. The molecule has 1 aromatic carbocycles. The molecule has 25 heavy (non-hydrogen) atoms. The quantitative estimate of drug-likeness (QED) is 0.298. The van der Waals surface area contributed by atoms with Gasteiger partial charge in [-0.05, 0) is 23.8 Å². The van der Waals surface area contributed by atoms with Crippen LogP contribution in [0, 0.1) is 0 Å². The lowest BCUT2D eigenvalue weighted by Gasteiger charge is -2.36. The summed E-state index contributed by atoms with van der Waals surface area (Å²) in [6.07, 6.45) is 10.8. The zero-order chi connectivity index (χ0) is 18.5. The van der Waals surface area contributed by atoms with Gasteiger partial charge in [0.2, 0.25) is 0 Å². The molecule has 1 unspecified atom stereocenters. The van der Waals surface area contributed by atoms with Gasteiger partial charge in [-0.25, -0.2) is 0 Å². The van der Waals surface area contributed by atoms with Gasteiger partial charge < -0.3 is 14.2 Å². The molecule has 1 atom stereocenters. The number of hydrogen-bond donors (Lipinski definition) is 0. The third-order valence-corrected chi connectivity index (χ3v) is 5.44. The summed E-state index contributed by atoms with van der Waals surface area (Å²) in [4.78, 5) is 0. The molecule has 0 heterocycles. The molecule has 0 aliphatic rings. The Morgan fingerprint density at radius 2 is 1.44 bits per heavy atom. The highest BCUT2D eigenvalue weighted by Crippen LogP contribution is 2.37. The van der Waals surface area contributed by atoms with E-state index in [0.29, 0.717) is 0 Å². The van der Waals surface area contributed by atoms with E-state index >= 15 is 0 Å². The van der Waals surface area contributed by atoms with Crippen LogP contribution in [0.1, 0.15) is 68.9 Å². The number of unbranched alkanes of at least 4 members (excludes halogenated alkanes) is 5. The van der Waals surface area contributed by atoms with Gasteiger partial charge in [0.25, 0.3) is 5.97 Å². The summed E-state index contributed by atoms with van der Waals surface area (Å²) in [6, 6.07) is 8.79. The fraction of sp³-hybridized carbons (Fsp3) is 0.714. The van der Waals surface area contributed by atoms with Crippen molar-refractivity contribution >= 4 is 11.8 Å². The van der Waals surface area contributed by atoms with Crippen molar-refractivity contribution in [3.63, 3.8) is 0 Å². The predicted octanol–water partition coefficient (Wildman–Crippen LogP) is 5.98. The van der Waals surface area contributed by atoms with Crippen LogP contribution >= 0.6 is 11.8 Å². The Kier molecular flexibility index (Phi) is 11.5. The molecule has 0 amide bonds. The number of thioether (sulfide) groups is 1. The van der Waals surface area contributed by atoms with Crippen molar-refractivity contribution in [2.24, 2.45) is 0 Å². The van der Waals surface area contributed by atoms with Gasteiger partial charge in [0.1, 0.15) is 0 Å². The van der Waals surface area contributed by atoms with Crippen molar-refractivity contribution in [2.45, 2.75) is 69.5 Å². The summed E-state index contributed by atoms with van der Waals surface area (Å²) in [7, 11) is 4.97. The van der Waals surface area contributed by atoms with Gasteiger partial charge in [0.15, 0.2) is 0 Å². The number of ether oxygens (including phenoxy) is 3.